The smallest absolute Gasteiger partial charge is 0.107 e. The third kappa shape index (κ3) is 2.91. The minimum absolute atomic E-state index is 0.166. The van der Waals surface area contributed by atoms with E-state index in [2.05, 4.69) is 0 Å². The highest BCUT2D eigenvalue weighted by Crippen LogP contribution is 2.41. The number of rotatable bonds is 1. The van der Waals surface area contributed by atoms with Gasteiger partial charge in [0, 0.05) is 12.3 Å². The quantitative estimate of drug-likeness (QED) is 0.334. The molecule has 1 aliphatic heterocycles. The maximum atomic E-state index is 10.4. The van der Waals surface area contributed by atoms with Crippen molar-refractivity contribution < 1.29 is 35.4 Å². The Morgan fingerprint density at radius 2 is 1.41 bits per heavy atom. The average Bonchev–Trinajstić information content (AvgIpc) is 2.45. The molecule has 7 heteroatoms. The highest BCUT2D eigenvalue weighted by molar-refractivity contribution is 5.01. The van der Waals surface area contributed by atoms with Gasteiger partial charge in [-0.15, -0.1) is 0 Å². The van der Waals surface area contributed by atoms with Crippen molar-refractivity contribution in [2.75, 3.05) is 0 Å². The minimum atomic E-state index is -1.14. The molecule has 2 saturated carbocycles. The molecule has 0 aromatic rings. The molecule has 10 unspecified atom stereocenters. The Balaban J connectivity index is 1.74. The van der Waals surface area contributed by atoms with Gasteiger partial charge in [-0.05, 0) is 31.6 Å². The van der Waals surface area contributed by atoms with Crippen LogP contribution in [0.4, 0.5) is 0 Å². The van der Waals surface area contributed by atoms with E-state index in [1.54, 1.807) is 0 Å². The zero-order valence-electron chi connectivity index (χ0n) is 12.4. The van der Waals surface area contributed by atoms with Gasteiger partial charge in [0.05, 0.1) is 42.7 Å². The predicted molar refractivity (Wildman–Crippen MR) is 74.8 cm³/mol. The first-order valence-corrected chi connectivity index (χ1v) is 8.12. The molecule has 1 saturated heterocycles. The fourth-order valence-corrected chi connectivity index (χ4v) is 4.35. The van der Waals surface area contributed by atoms with E-state index in [4.69, 9.17) is 4.74 Å². The average molecular weight is 318 g/mol. The molecule has 0 bridgehead atoms. The maximum Gasteiger partial charge on any atom is 0.107 e. The third-order valence-electron chi connectivity index (χ3n) is 5.59. The summed E-state index contributed by atoms with van der Waals surface area (Å²) >= 11 is 0. The van der Waals surface area contributed by atoms with E-state index < -0.39 is 54.7 Å². The molecule has 3 fully saturated rings. The summed E-state index contributed by atoms with van der Waals surface area (Å²) in [6.45, 7) is 0. The summed E-state index contributed by atoms with van der Waals surface area (Å²) in [5, 5.41) is 60.0. The summed E-state index contributed by atoms with van der Waals surface area (Å²) in [5.41, 5.74) is 0. The van der Waals surface area contributed by atoms with Crippen LogP contribution in [0, 0.1) is 11.8 Å². The molecule has 0 amide bonds. The lowest BCUT2D eigenvalue weighted by molar-refractivity contribution is -0.255. The first kappa shape index (κ1) is 16.6. The van der Waals surface area contributed by atoms with Crippen LogP contribution >= 0.6 is 0 Å². The molecule has 3 rings (SSSR count). The number of aliphatic hydroxyl groups is 6. The molecule has 128 valence electrons. The van der Waals surface area contributed by atoms with Gasteiger partial charge in [-0.3, -0.25) is 0 Å². The lowest BCUT2D eigenvalue weighted by Gasteiger charge is -2.50. The Hall–Kier alpha value is -0.280. The molecule has 0 aromatic heterocycles. The van der Waals surface area contributed by atoms with E-state index >= 15 is 0 Å². The van der Waals surface area contributed by atoms with E-state index in [1.807, 2.05) is 0 Å². The number of aliphatic hydroxyl groups excluding tert-OH is 6. The number of hydrogen-bond donors (Lipinski definition) is 6. The molecule has 6 N–H and O–H groups in total. The Morgan fingerprint density at radius 1 is 0.682 bits per heavy atom. The molecule has 22 heavy (non-hydrogen) atoms. The SMILES string of the molecule is OC1CC(O)C2C(C1)OC(C1CCC(O)C(O)C1)C(O)C2O. The van der Waals surface area contributed by atoms with Crippen LogP contribution in [-0.4, -0.2) is 79.5 Å². The molecule has 2 aliphatic carbocycles. The summed E-state index contributed by atoms with van der Waals surface area (Å²) in [6.07, 6.45) is -4.80. The van der Waals surface area contributed by atoms with Gasteiger partial charge in [0.15, 0.2) is 0 Å². The van der Waals surface area contributed by atoms with E-state index in [0.29, 0.717) is 25.7 Å². The maximum absolute atomic E-state index is 10.4. The molecule has 0 radical (unpaired) electrons. The van der Waals surface area contributed by atoms with Gasteiger partial charge in [0.1, 0.15) is 6.10 Å². The fraction of sp³-hybridized carbons (Fsp3) is 1.00. The van der Waals surface area contributed by atoms with Crippen LogP contribution in [0.1, 0.15) is 32.1 Å². The van der Waals surface area contributed by atoms with Crippen molar-refractivity contribution in [3.8, 4) is 0 Å². The number of hydrogen-bond acceptors (Lipinski definition) is 7. The highest BCUT2D eigenvalue weighted by Gasteiger charge is 2.52. The summed E-state index contributed by atoms with van der Waals surface area (Å²) in [7, 11) is 0. The van der Waals surface area contributed by atoms with Crippen LogP contribution in [-0.2, 0) is 4.74 Å². The molecule has 10 atom stereocenters. The largest absolute Gasteiger partial charge is 0.393 e. The van der Waals surface area contributed by atoms with Crippen molar-refractivity contribution in [1.29, 1.82) is 0 Å². The molecule has 1 heterocycles. The van der Waals surface area contributed by atoms with Gasteiger partial charge in [-0.25, -0.2) is 0 Å². The topological polar surface area (TPSA) is 131 Å². The van der Waals surface area contributed by atoms with E-state index in [9.17, 15) is 30.6 Å². The van der Waals surface area contributed by atoms with Crippen molar-refractivity contribution in [3.63, 3.8) is 0 Å². The number of ether oxygens (including phenoxy) is 1. The first-order chi connectivity index (χ1) is 10.4. The Labute approximate surface area is 129 Å². The van der Waals surface area contributed by atoms with Gasteiger partial charge in [0.25, 0.3) is 0 Å². The van der Waals surface area contributed by atoms with Crippen molar-refractivity contribution >= 4 is 0 Å². The van der Waals surface area contributed by atoms with Crippen LogP contribution in [0.3, 0.4) is 0 Å². The van der Waals surface area contributed by atoms with Gasteiger partial charge in [-0.1, -0.05) is 0 Å². The van der Waals surface area contributed by atoms with E-state index in [-0.39, 0.29) is 12.3 Å². The predicted octanol–water partition coefficient (Wildman–Crippen LogP) is -1.87. The Morgan fingerprint density at radius 3 is 2.09 bits per heavy atom. The van der Waals surface area contributed by atoms with Crippen molar-refractivity contribution in [1.82, 2.24) is 0 Å². The number of fused-ring (bicyclic) bond motifs is 1. The van der Waals surface area contributed by atoms with Crippen LogP contribution in [0.25, 0.3) is 0 Å². The van der Waals surface area contributed by atoms with Gasteiger partial charge < -0.3 is 35.4 Å². The van der Waals surface area contributed by atoms with Crippen LogP contribution in [0.5, 0.6) is 0 Å². The second kappa shape index (κ2) is 6.32. The molecule has 0 spiro atoms. The monoisotopic (exact) mass is 318 g/mol. The van der Waals surface area contributed by atoms with Gasteiger partial charge in [-0.2, -0.15) is 0 Å². The molecule has 7 nitrogen and oxygen atoms in total. The molecule has 0 aromatic carbocycles. The summed E-state index contributed by atoms with van der Waals surface area (Å²) in [4.78, 5) is 0. The van der Waals surface area contributed by atoms with E-state index in [0.717, 1.165) is 0 Å². The lowest BCUT2D eigenvalue weighted by Crippen LogP contribution is -2.62. The van der Waals surface area contributed by atoms with Crippen molar-refractivity contribution in [2.45, 2.75) is 80.9 Å². The first-order valence-electron chi connectivity index (χ1n) is 8.12. The minimum Gasteiger partial charge on any atom is -0.393 e. The normalized spacial score (nSPS) is 56.5. The third-order valence-corrected chi connectivity index (χ3v) is 5.59. The summed E-state index contributed by atoms with van der Waals surface area (Å²) < 4.78 is 5.91. The Bertz CT molecular complexity index is 392. The van der Waals surface area contributed by atoms with Gasteiger partial charge in [0.2, 0.25) is 0 Å². The van der Waals surface area contributed by atoms with Crippen LogP contribution in [0.2, 0.25) is 0 Å². The van der Waals surface area contributed by atoms with Gasteiger partial charge >= 0.3 is 0 Å². The van der Waals surface area contributed by atoms with E-state index in [1.165, 1.54) is 0 Å². The van der Waals surface area contributed by atoms with Crippen LogP contribution in [0.15, 0.2) is 0 Å². The molecular weight excluding hydrogens is 292 g/mol. The molecule has 3 aliphatic rings. The second-order valence-electron chi connectivity index (χ2n) is 7.10. The standard InChI is InChI=1S/C15H26O7/c16-7-4-10(19)12-11(5-7)22-15(14(21)13(12)20)6-1-2-8(17)9(18)3-6/h6-21H,1-5H2. The Kier molecular flexibility index (Phi) is 4.76. The van der Waals surface area contributed by atoms with Crippen molar-refractivity contribution in [3.05, 3.63) is 0 Å². The fourth-order valence-electron chi connectivity index (χ4n) is 4.35. The summed E-state index contributed by atoms with van der Waals surface area (Å²) in [6, 6.07) is 0. The second-order valence-corrected chi connectivity index (χ2v) is 7.10. The zero-order chi connectivity index (χ0) is 16.0. The summed E-state index contributed by atoms with van der Waals surface area (Å²) in [5.74, 6) is -0.769. The van der Waals surface area contributed by atoms with Crippen molar-refractivity contribution in [2.24, 2.45) is 11.8 Å². The zero-order valence-corrected chi connectivity index (χ0v) is 12.4. The van der Waals surface area contributed by atoms with Crippen LogP contribution < -0.4 is 0 Å². The lowest BCUT2D eigenvalue weighted by atomic mass is 9.71. The molecular formula is C15H26O7. The highest BCUT2D eigenvalue weighted by atomic mass is 16.5.